The van der Waals surface area contributed by atoms with Gasteiger partial charge >= 0.3 is 0 Å². The second-order valence-electron chi connectivity index (χ2n) is 6.06. The van der Waals surface area contributed by atoms with Crippen LogP contribution in [0.1, 0.15) is 38.1 Å². The Balaban J connectivity index is 1.61. The van der Waals surface area contributed by atoms with Gasteiger partial charge in [-0.2, -0.15) is 0 Å². The van der Waals surface area contributed by atoms with Gasteiger partial charge in [0, 0.05) is 19.2 Å². The average molecular weight is 286 g/mol. The Morgan fingerprint density at radius 3 is 2.95 bits per heavy atom. The van der Waals surface area contributed by atoms with Crippen LogP contribution in [0, 0.1) is 12.5 Å². The second kappa shape index (κ2) is 5.26. The number of fused-ring (bicyclic) bond motifs is 1. The van der Waals surface area contributed by atoms with Gasteiger partial charge in [-0.1, -0.05) is 0 Å². The Labute approximate surface area is 123 Å². The lowest BCUT2D eigenvalue weighted by molar-refractivity contribution is 0.227. The Morgan fingerprint density at radius 2 is 2.14 bits per heavy atom. The maximum absolute atomic E-state index is 5.16. The van der Waals surface area contributed by atoms with Crippen LogP contribution in [0.15, 0.2) is 12.7 Å². The summed E-state index contributed by atoms with van der Waals surface area (Å²) in [5.41, 5.74) is 1.83. The molecule has 1 N–H and O–H groups in total. The molecular formula is C15H20N5O. The number of aromatic nitrogens is 4. The van der Waals surface area contributed by atoms with Crippen molar-refractivity contribution >= 4 is 17.0 Å². The second-order valence-corrected chi connectivity index (χ2v) is 6.06. The molecule has 0 amide bonds. The summed E-state index contributed by atoms with van der Waals surface area (Å²) in [6.45, 7) is 1.95. The molecule has 0 aromatic carbocycles. The van der Waals surface area contributed by atoms with E-state index < -0.39 is 0 Å². The van der Waals surface area contributed by atoms with E-state index in [1.54, 1.807) is 13.4 Å². The van der Waals surface area contributed by atoms with E-state index >= 15 is 0 Å². The van der Waals surface area contributed by atoms with Gasteiger partial charge in [0.15, 0.2) is 11.5 Å². The summed E-state index contributed by atoms with van der Waals surface area (Å²) in [4.78, 5) is 13.3. The first kappa shape index (κ1) is 13.0. The molecule has 2 atom stereocenters. The standard InChI is InChI=1S/C15H20N5O/c1-21-7-10-2-5-12(6-10)20-9-18-13-14(19-11-3-4-11)16-8-17-15(13)20/h7-12H,2-6H2,1H3,(H,16,17,19). The summed E-state index contributed by atoms with van der Waals surface area (Å²) in [5, 5.41) is 3.44. The van der Waals surface area contributed by atoms with E-state index in [0.717, 1.165) is 36.2 Å². The highest BCUT2D eigenvalue weighted by Crippen LogP contribution is 2.38. The van der Waals surface area contributed by atoms with Crippen molar-refractivity contribution < 1.29 is 4.74 Å². The van der Waals surface area contributed by atoms with Gasteiger partial charge in [0.05, 0.1) is 12.9 Å². The molecule has 2 aromatic rings. The molecule has 0 bridgehead atoms. The maximum atomic E-state index is 5.16. The van der Waals surface area contributed by atoms with Crippen molar-refractivity contribution in [2.24, 2.45) is 5.92 Å². The lowest BCUT2D eigenvalue weighted by Gasteiger charge is -2.13. The predicted molar refractivity (Wildman–Crippen MR) is 79.7 cm³/mol. The molecule has 1 radical (unpaired) electrons. The Hall–Kier alpha value is -1.69. The molecule has 4 rings (SSSR count). The van der Waals surface area contributed by atoms with Crippen LogP contribution in [0.4, 0.5) is 5.82 Å². The van der Waals surface area contributed by atoms with Crippen LogP contribution in [0.3, 0.4) is 0 Å². The first-order valence-corrected chi connectivity index (χ1v) is 7.65. The third-order valence-corrected chi connectivity index (χ3v) is 4.44. The molecule has 2 saturated carbocycles. The third-order valence-electron chi connectivity index (χ3n) is 4.44. The van der Waals surface area contributed by atoms with Gasteiger partial charge < -0.3 is 14.6 Å². The van der Waals surface area contributed by atoms with E-state index in [1.807, 2.05) is 12.9 Å². The number of anilines is 1. The van der Waals surface area contributed by atoms with Crippen molar-refractivity contribution in [2.45, 2.75) is 44.2 Å². The summed E-state index contributed by atoms with van der Waals surface area (Å²) in [6, 6.07) is 1.02. The van der Waals surface area contributed by atoms with E-state index in [1.165, 1.54) is 12.8 Å². The van der Waals surface area contributed by atoms with Gasteiger partial charge in [-0.15, -0.1) is 0 Å². The first-order valence-electron chi connectivity index (χ1n) is 7.65. The van der Waals surface area contributed by atoms with Gasteiger partial charge in [-0.3, -0.25) is 0 Å². The number of hydrogen-bond donors (Lipinski definition) is 1. The lowest BCUT2D eigenvalue weighted by Crippen LogP contribution is -2.07. The normalized spacial score (nSPS) is 25.6. The highest BCUT2D eigenvalue weighted by atomic mass is 16.5. The molecule has 2 fully saturated rings. The van der Waals surface area contributed by atoms with Crippen molar-refractivity contribution in [3.05, 3.63) is 19.3 Å². The highest BCUT2D eigenvalue weighted by Gasteiger charge is 2.28. The lowest BCUT2D eigenvalue weighted by atomic mass is 10.1. The topological polar surface area (TPSA) is 64.9 Å². The number of imidazole rings is 1. The molecule has 2 aliphatic rings. The predicted octanol–water partition coefficient (Wildman–Crippen LogP) is 2.55. The molecule has 0 spiro atoms. The van der Waals surface area contributed by atoms with E-state index in [2.05, 4.69) is 24.8 Å². The van der Waals surface area contributed by atoms with Gasteiger partial charge in [0.2, 0.25) is 0 Å². The Kier molecular flexibility index (Phi) is 3.25. The van der Waals surface area contributed by atoms with E-state index in [9.17, 15) is 0 Å². The molecule has 111 valence electrons. The smallest absolute Gasteiger partial charge is 0.165 e. The van der Waals surface area contributed by atoms with Gasteiger partial charge in [0.25, 0.3) is 0 Å². The van der Waals surface area contributed by atoms with Crippen molar-refractivity contribution in [1.29, 1.82) is 0 Å². The quantitative estimate of drug-likeness (QED) is 0.915. The van der Waals surface area contributed by atoms with Crippen molar-refractivity contribution in [3.8, 4) is 0 Å². The Morgan fingerprint density at radius 1 is 1.24 bits per heavy atom. The third kappa shape index (κ3) is 2.48. The SMILES string of the molecule is CO[CH]C1CCC(n2cnc3c(NC4CC4)ncnc32)C1. The molecule has 2 aliphatic carbocycles. The van der Waals surface area contributed by atoms with Crippen LogP contribution in [0.5, 0.6) is 0 Å². The minimum atomic E-state index is 0.454. The minimum Gasteiger partial charge on any atom is -0.378 e. The van der Waals surface area contributed by atoms with Crippen LogP contribution >= 0.6 is 0 Å². The maximum Gasteiger partial charge on any atom is 0.165 e. The number of ether oxygens (including phenoxy) is 1. The average Bonchev–Trinajstić information content (AvgIpc) is 3.01. The fourth-order valence-corrected chi connectivity index (χ4v) is 3.21. The fraction of sp³-hybridized carbons (Fsp3) is 0.600. The van der Waals surface area contributed by atoms with Crippen molar-refractivity contribution in [2.75, 3.05) is 12.4 Å². The van der Waals surface area contributed by atoms with Crippen LogP contribution in [-0.2, 0) is 4.74 Å². The number of nitrogens with one attached hydrogen (secondary N) is 1. The zero-order valence-corrected chi connectivity index (χ0v) is 12.2. The zero-order valence-electron chi connectivity index (χ0n) is 12.2. The van der Waals surface area contributed by atoms with Gasteiger partial charge in [0.1, 0.15) is 11.8 Å². The molecule has 21 heavy (non-hydrogen) atoms. The molecule has 0 aliphatic heterocycles. The largest absolute Gasteiger partial charge is 0.378 e. The van der Waals surface area contributed by atoms with Crippen LogP contribution in [0.25, 0.3) is 11.2 Å². The van der Waals surface area contributed by atoms with Gasteiger partial charge in [-0.05, 0) is 38.0 Å². The summed E-state index contributed by atoms with van der Waals surface area (Å²) in [5.74, 6) is 1.41. The molecule has 0 saturated heterocycles. The van der Waals surface area contributed by atoms with E-state index in [-0.39, 0.29) is 0 Å². The summed E-state index contributed by atoms with van der Waals surface area (Å²) >= 11 is 0. The molecule has 2 unspecified atom stereocenters. The number of nitrogens with zero attached hydrogens (tertiary/aromatic N) is 4. The number of rotatable bonds is 5. The molecule has 2 aromatic heterocycles. The van der Waals surface area contributed by atoms with Crippen molar-refractivity contribution in [1.82, 2.24) is 19.5 Å². The molecule has 6 nitrogen and oxygen atoms in total. The fourth-order valence-electron chi connectivity index (χ4n) is 3.21. The Bertz CT molecular complexity index is 636. The highest BCUT2D eigenvalue weighted by molar-refractivity contribution is 5.83. The van der Waals surface area contributed by atoms with Crippen LogP contribution in [0.2, 0.25) is 0 Å². The first-order chi connectivity index (χ1) is 10.3. The zero-order chi connectivity index (χ0) is 14.2. The monoisotopic (exact) mass is 286 g/mol. The molecular weight excluding hydrogens is 266 g/mol. The van der Waals surface area contributed by atoms with E-state index in [4.69, 9.17) is 4.74 Å². The van der Waals surface area contributed by atoms with Crippen LogP contribution < -0.4 is 5.32 Å². The summed E-state index contributed by atoms with van der Waals surface area (Å²) < 4.78 is 7.37. The summed E-state index contributed by atoms with van der Waals surface area (Å²) in [6.07, 6.45) is 9.40. The summed E-state index contributed by atoms with van der Waals surface area (Å²) in [7, 11) is 1.73. The number of hydrogen-bond acceptors (Lipinski definition) is 5. The molecule has 2 heterocycles. The van der Waals surface area contributed by atoms with Crippen LogP contribution in [-0.4, -0.2) is 32.7 Å². The molecule has 6 heteroatoms. The number of methoxy groups -OCH3 is 1. The minimum absolute atomic E-state index is 0.454. The van der Waals surface area contributed by atoms with E-state index in [0.29, 0.717) is 18.0 Å². The van der Waals surface area contributed by atoms with Gasteiger partial charge in [-0.25, -0.2) is 15.0 Å². The van der Waals surface area contributed by atoms with Crippen molar-refractivity contribution in [3.63, 3.8) is 0 Å².